The number of carboxylic acid groups (broad SMARTS) is 1. The van der Waals surface area contributed by atoms with E-state index in [1.165, 1.54) is 12.3 Å². The molecule has 0 bridgehead atoms. The van der Waals surface area contributed by atoms with Crippen LogP contribution in [0.1, 0.15) is 16.1 Å². The Morgan fingerprint density at radius 3 is 2.67 bits per heavy atom. The summed E-state index contributed by atoms with van der Waals surface area (Å²) in [5.41, 5.74) is 0.860. The molecule has 5 nitrogen and oxygen atoms in total. The van der Waals surface area contributed by atoms with Crippen LogP contribution in [0.3, 0.4) is 0 Å². The van der Waals surface area contributed by atoms with Crippen molar-refractivity contribution in [3.8, 4) is 6.01 Å². The Bertz CT molecular complexity index is 558. The molecule has 0 radical (unpaired) electrons. The van der Waals surface area contributed by atoms with E-state index < -0.39 is 5.97 Å². The number of hydrogen-bond donors (Lipinski definition) is 1. The van der Waals surface area contributed by atoms with Crippen LogP contribution in [0.15, 0.2) is 41.0 Å². The van der Waals surface area contributed by atoms with Crippen molar-refractivity contribution < 1.29 is 14.6 Å². The summed E-state index contributed by atoms with van der Waals surface area (Å²) in [5.74, 6) is -1.11. The van der Waals surface area contributed by atoms with Crippen LogP contribution in [-0.2, 0) is 6.61 Å². The van der Waals surface area contributed by atoms with Gasteiger partial charge in [-0.25, -0.2) is 9.78 Å². The molecule has 92 valence electrons. The van der Waals surface area contributed by atoms with E-state index in [0.29, 0.717) is 0 Å². The lowest BCUT2D eigenvalue weighted by molar-refractivity contribution is 0.0688. The van der Waals surface area contributed by atoms with Crippen molar-refractivity contribution in [2.45, 2.75) is 6.61 Å². The minimum Gasteiger partial charge on any atom is -0.477 e. The van der Waals surface area contributed by atoms with Crippen molar-refractivity contribution in [2.75, 3.05) is 0 Å². The molecule has 0 aliphatic carbocycles. The third-order valence-corrected chi connectivity index (χ3v) is 2.66. The maximum Gasteiger partial charge on any atom is 0.354 e. The van der Waals surface area contributed by atoms with E-state index >= 15 is 0 Å². The van der Waals surface area contributed by atoms with Gasteiger partial charge in [-0.1, -0.05) is 28.1 Å². The van der Waals surface area contributed by atoms with Gasteiger partial charge in [0.15, 0.2) is 5.69 Å². The lowest BCUT2D eigenvalue weighted by atomic mass is 10.2. The summed E-state index contributed by atoms with van der Waals surface area (Å²) in [5, 5.41) is 8.77. The van der Waals surface area contributed by atoms with Crippen LogP contribution in [-0.4, -0.2) is 21.0 Å². The third kappa shape index (κ3) is 3.27. The predicted molar refractivity (Wildman–Crippen MR) is 67.5 cm³/mol. The summed E-state index contributed by atoms with van der Waals surface area (Å²) >= 11 is 3.34. The zero-order valence-electron chi connectivity index (χ0n) is 9.21. The molecule has 0 atom stereocenters. The Kier molecular flexibility index (Phi) is 3.88. The van der Waals surface area contributed by atoms with Crippen molar-refractivity contribution in [3.05, 3.63) is 52.3 Å². The number of carboxylic acids is 1. The summed E-state index contributed by atoms with van der Waals surface area (Å²) in [4.78, 5) is 18.3. The molecule has 1 heterocycles. The van der Waals surface area contributed by atoms with E-state index in [1.54, 1.807) is 0 Å². The van der Waals surface area contributed by atoms with Crippen molar-refractivity contribution in [2.24, 2.45) is 0 Å². The van der Waals surface area contributed by atoms with E-state index in [4.69, 9.17) is 9.84 Å². The van der Waals surface area contributed by atoms with Gasteiger partial charge in [-0.3, -0.25) is 0 Å². The average molecular weight is 309 g/mol. The van der Waals surface area contributed by atoms with Crippen molar-refractivity contribution in [3.63, 3.8) is 0 Å². The van der Waals surface area contributed by atoms with E-state index in [1.807, 2.05) is 24.3 Å². The van der Waals surface area contributed by atoms with Gasteiger partial charge >= 0.3 is 12.0 Å². The molecule has 0 saturated carbocycles. The minimum atomic E-state index is -1.11. The number of nitrogens with zero attached hydrogens (tertiary/aromatic N) is 2. The molecule has 1 aromatic carbocycles. The van der Waals surface area contributed by atoms with Crippen molar-refractivity contribution >= 4 is 21.9 Å². The molecule has 0 amide bonds. The second-order valence-electron chi connectivity index (χ2n) is 3.44. The Balaban J connectivity index is 2.04. The fourth-order valence-corrected chi connectivity index (χ4v) is 1.52. The summed E-state index contributed by atoms with van der Waals surface area (Å²) < 4.78 is 6.30. The zero-order chi connectivity index (χ0) is 13.0. The number of ether oxygens (including phenoxy) is 1. The zero-order valence-corrected chi connectivity index (χ0v) is 10.8. The SMILES string of the molecule is O=C(O)c1ccnc(OCc2ccc(Br)cc2)n1. The topological polar surface area (TPSA) is 72.3 Å². The lowest BCUT2D eigenvalue weighted by Crippen LogP contribution is -2.04. The van der Waals surface area contributed by atoms with Gasteiger partial charge in [0.25, 0.3) is 0 Å². The second kappa shape index (κ2) is 5.59. The minimum absolute atomic E-state index is 0.0535. The fourth-order valence-electron chi connectivity index (χ4n) is 1.26. The molecule has 18 heavy (non-hydrogen) atoms. The molecule has 0 unspecified atom stereocenters. The quantitative estimate of drug-likeness (QED) is 0.939. The lowest BCUT2D eigenvalue weighted by Gasteiger charge is -2.04. The molecule has 0 fully saturated rings. The van der Waals surface area contributed by atoms with Gasteiger partial charge in [0.05, 0.1) is 0 Å². The van der Waals surface area contributed by atoms with E-state index in [0.717, 1.165) is 10.0 Å². The average Bonchev–Trinajstić information content (AvgIpc) is 2.38. The fraction of sp³-hybridized carbons (Fsp3) is 0.0833. The number of carbonyl (C=O) groups is 1. The van der Waals surface area contributed by atoms with E-state index in [9.17, 15) is 4.79 Å². The number of halogens is 1. The van der Waals surface area contributed by atoms with Gasteiger partial charge in [-0.05, 0) is 23.8 Å². The molecule has 0 aliphatic heterocycles. The maximum atomic E-state index is 10.7. The van der Waals surface area contributed by atoms with E-state index in [-0.39, 0.29) is 18.3 Å². The number of rotatable bonds is 4. The molecule has 1 N–H and O–H groups in total. The van der Waals surface area contributed by atoms with Crippen molar-refractivity contribution in [1.29, 1.82) is 0 Å². The Morgan fingerprint density at radius 2 is 2.00 bits per heavy atom. The van der Waals surface area contributed by atoms with Crippen LogP contribution in [0.25, 0.3) is 0 Å². The first-order chi connectivity index (χ1) is 8.65. The standard InChI is InChI=1S/C12H9BrN2O3/c13-9-3-1-8(2-4-9)7-18-12-14-6-5-10(15-12)11(16)17/h1-6H,7H2,(H,16,17). The second-order valence-corrected chi connectivity index (χ2v) is 4.36. The molecule has 0 spiro atoms. The Hall–Kier alpha value is -1.95. The number of benzene rings is 1. The normalized spacial score (nSPS) is 10.1. The molecule has 0 aliphatic rings. The highest BCUT2D eigenvalue weighted by molar-refractivity contribution is 9.10. The molecule has 2 aromatic rings. The highest BCUT2D eigenvalue weighted by atomic mass is 79.9. The number of hydrogen-bond acceptors (Lipinski definition) is 4. The maximum absolute atomic E-state index is 10.7. The van der Waals surface area contributed by atoms with Crippen molar-refractivity contribution in [1.82, 2.24) is 9.97 Å². The molecule has 0 saturated heterocycles. The van der Waals surface area contributed by atoms with Crippen LogP contribution in [0.4, 0.5) is 0 Å². The molecular formula is C12H9BrN2O3. The van der Waals surface area contributed by atoms with E-state index in [2.05, 4.69) is 25.9 Å². The summed E-state index contributed by atoms with van der Waals surface area (Å²) in [6.07, 6.45) is 1.35. The molecule has 1 aromatic heterocycles. The first kappa shape index (κ1) is 12.5. The highest BCUT2D eigenvalue weighted by Crippen LogP contribution is 2.12. The summed E-state index contributed by atoms with van der Waals surface area (Å²) in [7, 11) is 0. The number of aromatic carboxylic acids is 1. The molecular weight excluding hydrogens is 300 g/mol. The predicted octanol–water partition coefficient (Wildman–Crippen LogP) is 2.52. The molecule has 2 rings (SSSR count). The van der Waals surface area contributed by atoms with Gasteiger partial charge in [-0.2, -0.15) is 4.98 Å². The summed E-state index contributed by atoms with van der Waals surface area (Å²) in [6.45, 7) is 0.288. The van der Waals surface area contributed by atoms with Crippen LogP contribution in [0.2, 0.25) is 0 Å². The first-order valence-corrected chi connectivity index (χ1v) is 5.88. The van der Waals surface area contributed by atoms with Gasteiger partial charge in [0.1, 0.15) is 6.61 Å². The van der Waals surface area contributed by atoms with Gasteiger partial charge in [0.2, 0.25) is 0 Å². The van der Waals surface area contributed by atoms with Crippen LogP contribution < -0.4 is 4.74 Å². The first-order valence-electron chi connectivity index (χ1n) is 5.09. The smallest absolute Gasteiger partial charge is 0.354 e. The Labute approximate surface area is 112 Å². The number of aromatic nitrogens is 2. The van der Waals surface area contributed by atoms with Gasteiger partial charge in [0, 0.05) is 10.7 Å². The monoisotopic (exact) mass is 308 g/mol. The Morgan fingerprint density at radius 1 is 1.28 bits per heavy atom. The largest absolute Gasteiger partial charge is 0.477 e. The molecule has 6 heteroatoms. The van der Waals surface area contributed by atoms with Crippen LogP contribution >= 0.6 is 15.9 Å². The summed E-state index contributed by atoms with van der Waals surface area (Å²) in [6, 6.07) is 8.95. The third-order valence-electron chi connectivity index (χ3n) is 2.13. The van der Waals surface area contributed by atoms with Gasteiger partial charge in [-0.15, -0.1) is 0 Å². The van der Waals surface area contributed by atoms with Crippen LogP contribution in [0, 0.1) is 0 Å². The highest BCUT2D eigenvalue weighted by Gasteiger charge is 2.06. The van der Waals surface area contributed by atoms with Gasteiger partial charge < -0.3 is 9.84 Å². The van der Waals surface area contributed by atoms with Crippen LogP contribution in [0.5, 0.6) is 6.01 Å².